The summed E-state index contributed by atoms with van der Waals surface area (Å²) in [5.74, 6) is 0.206. The predicted octanol–water partition coefficient (Wildman–Crippen LogP) is 3.60. The van der Waals surface area contributed by atoms with Gasteiger partial charge in [0.25, 0.3) is 0 Å². The number of anilines is 3. The summed E-state index contributed by atoms with van der Waals surface area (Å²) in [4.78, 5) is 31.5. The van der Waals surface area contributed by atoms with E-state index in [4.69, 9.17) is 5.73 Å². The van der Waals surface area contributed by atoms with Crippen LogP contribution in [0.15, 0.2) is 79.0 Å². The van der Waals surface area contributed by atoms with Crippen LogP contribution in [0.25, 0.3) is 6.08 Å². The zero-order valence-electron chi connectivity index (χ0n) is 18.4. The molecular formula is C26H27N5O2. The minimum atomic E-state index is -0.249. The SMILES string of the molecule is CN1C[C@H](C(=O)Nc2ccccn2)[C@@H](c2ccc(/C=C/C(=O)Nc3ccccc3N)cc2)C1. The van der Waals surface area contributed by atoms with Crippen molar-refractivity contribution in [1.82, 2.24) is 9.88 Å². The molecule has 4 N–H and O–H groups in total. The summed E-state index contributed by atoms with van der Waals surface area (Å²) in [7, 11) is 2.02. The quantitative estimate of drug-likeness (QED) is 0.401. The van der Waals surface area contributed by atoms with Gasteiger partial charge in [-0.1, -0.05) is 42.5 Å². The molecule has 33 heavy (non-hydrogen) atoms. The minimum Gasteiger partial charge on any atom is -0.397 e. The number of benzene rings is 2. The molecule has 2 atom stereocenters. The number of nitrogen functional groups attached to an aromatic ring is 1. The van der Waals surface area contributed by atoms with E-state index in [-0.39, 0.29) is 23.7 Å². The summed E-state index contributed by atoms with van der Waals surface area (Å²) in [5, 5.41) is 5.70. The molecule has 0 aliphatic carbocycles. The Bertz CT molecular complexity index is 1140. The molecule has 1 aromatic heterocycles. The summed E-state index contributed by atoms with van der Waals surface area (Å²) in [6.45, 7) is 1.49. The fourth-order valence-electron chi connectivity index (χ4n) is 4.07. The normalized spacial score (nSPS) is 18.3. The third kappa shape index (κ3) is 5.64. The van der Waals surface area contributed by atoms with Gasteiger partial charge in [-0.05, 0) is 48.5 Å². The molecule has 2 heterocycles. The van der Waals surface area contributed by atoms with E-state index in [0.717, 1.165) is 17.7 Å². The third-order valence-corrected chi connectivity index (χ3v) is 5.77. The first kappa shape index (κ1) is 22.2. The average molecular weight is 442 g/mol. The summed E-state index contributed by atoms with van der Waals surface area (Å²) >= 11 is 0. The number of likely N-dealkylation sites (N-methyl/N-ethyl adjacent to an activating group) is 1. The molecule has 4 rings (SSSR count). The Hall–Kier alpha value is -3.97. The molecule has 1 aliphatic rings. The molecule has 0 bridgehead atoms. The van der Waals surface area contributed by atoms with Crippen molar-refractivity contribution in [1.29, 1.82) is 0 Å². The molecular weight excluding hydrogens is 414 g/mol. The lowest BCUT2D eigenvalue weighted by atomic mass is 9.88. The van der Waals surface area contributed by atoms with Gasteiger partial charge in [-0.25, -0.2) is 4.98 Å². The van der Waals surface area contributed by atoms with Gasteiger partial charge in [0, 0.05) is 31.3 Å². The maximum atomic E-state index is 12.9. The highest BCUT2D eigenvalue weighted by Crippen LogP contribution is 2.33. The van der Waals surface area contributed by atoms with Crippen LogP contribution in [0.1, 0.15) is 17.0 Å². The molecule has 1 aliphatic heterocycles. The van der Waals surface area contributed by atoms with E-state index in [1.807, 2.05) is 55.6 Å². The van der Waals surface area contributed by atoms with Crippen molar-refractivity contribution in [3.63, 3.8) is 0 Å². The second-order valence-electron chi connectivity index (χ2n) is 8.21. The largest absolute Gasteiger partial charge is 0.397 e. The number of carbonyl (C=O) groups is 2. The number of hydrogen-bond acceptors (Lipinski definition) is 5. The molecule has 1 fully saturated rings. The van der Waals surface area contributed by atoms with Gasteiger partial charge in [-0.2, -0.15) is 0 Å². The third-order valence-electron chi connectivity index (χ3n) is 5.77. The first-order valence-corrected chi connectivity index (χ1v) is 10.8. The Morgan fingerprint density at radius 1 is 1.00 bits per heavy atom. The first-order valence-electron chi connectivity index (χ1n) is 10.8. The van der Waals surface area contributed by atoms with Crippen molar-refractivity contribution < 1.29 is 9.59 Å². The number of carbonyl (C=O) groups excluding carboxylic acids is 2. The number of nitrogens with one attached hydrogen (secondary N) is 2. The van der Waals surface area contributed by atoms with Crippen LogP contribution >= 0.6 is 0 Å². The van der Waals surface area contributed by atoms with Crippen LogP contribution in [0.4, 0.5) is 17.2 Å². The standard InChI is InChI=1S/C26H27N5O2/c1-31-16-20(21(17-31)26(33)30-24-8-4-5-15-28-24)19-12-9-18(10-13-19)11-14-25(32)29-23-7-3-2-6-22(23)27/h2-15,20-21H,16-17,27H2,1H3,(H,29,32)(H,28,30,33)/b14-11+/t20-,21+/m1/s1. The van der Waals surface area contributed by atoms with Crippen LogP contribution in [0.3, 0.4) is 0 Å². The summed E-state index contributed by atoms with van der Waals surface area (Å²) < 4.78 is 0. The van der Waals surface area contributed by atoms with Crippen molar-refractivity contribution >= 4 is 35.1 Å². The van der Waals surface area contributed by atoms with E-state index in [1.165, 1.54) is 6.08 Å². The molecule has 7 heteroatoms. The Morgan fingerprint density at radius 2 is 1.76 bits per heavy atom. The average Bonchev–Trinajstić information content (AvgIpc) is 3.22. The molecule has 0 radical (unpaired) electrons. The zero-order valence-corrected chi connectivity index (χ0v) is 18.4. The van der Waals surface area contributed by atoms with Gasteiger partial charge in [0.2, 0.25) is 11.8 Å². The van der Waals surface area contributed by atoms with Crippen molar-refractivity contribution in [3.05, 3.63) is 90.1 Å². The summed E-state index contributed by atoms with van der Waals surface area (Å²) in [6.07, 6.45) is 4.90. The van der Waals surface area contributed by atoms with E-state index in [0.29, 0.717) is 23.7 Å². The number of rotatable bonds is 6. The Morgan fingerprint density at radius 3 is 2.48 bits per heavy atom. The van der Waals surface area contributed by atoms with Crippen molar-refractivity contribution in [3.8, 4) is 0 Å². The fourth-order valence-corrected chi connectivity index (χ4v) is 4.07. The number of pyridine rings is 1. The number of likely N-dealkylation sites (tertiary alicyclic amines) is 1. The van der Waals surface area contributed by atoms with Crippen LogP contribution in [0.5, 0.6) is 0 Å². The first-order chi connectivity index (χ1) is 16.0. The molecule has 0 saturated carbocycles. The van der Waals surface area contributed by atoms with Gasteiger partial charge in [-0.3, -0.25) is 9.59 Å². The Balaban J connectivity index is 1.41. The zero-order chi connectivity index (χ0) is 23.2. The smallest absolute Gasteiger partial charge is 0.248 e. The number of para-hydroxylation sites is 2. The van der Waals surface area contributed by atoms with Gasteiger partial charge < -0.3 is 21.3 Å². The van der Waals surface area contributed by atoms with Crippen molar-refractivity contribution in [2.75, 3.05) is 36.5 Å². The molecule has 2 amide bonds. The van der Waals surface area contributed by atoms with Crippen LogP contribution in [0.2, 0.25) is 0 Å². The lowest BCUT2D eigenvalue weighted by Gasteiger charge is -2.18. The molecule has 2 aromatic carbocycles. The maximum absolute atomic E-state index is 12.9. The van der Waals surface area contributed by atoms with E-state index in [1.54, 1.807) is 30.5 Å². The Labute approximate surface area is 193 Å². The molecule has 0 spiro atoms. The van der Waals surface area contributed by atoms with Crippen LogP contribution in [0, 0.1) is 5.92 Å². The summed E-state index contributed by atoms with van der Waals surface area (Å²) in [5.41, 5.74) is 8.97. The molecule has 7 nitrogen and oxygen atoms in total. The molecule has 168 valence electrons. The van der Waals surface area contributed by atoms with Gasteiger partial charge >= 0.3 is 0 Å². The highest BCUT2D eigenvalue weighted by atomic mass is 16.2. The number of nitrogens with two attached hydrogens (primary N) is 1. The number of nitrogens with zero attached hydrogens (tertiary/aromatic N) is 2. The Kier molecular flexibility index (Phi) is 6.80. The van der Waals surface area contributed by atoms with Crippen LogP contribution in [-0.2, 0) is 9.59 Å². The highest BCUT2D eigenvalue weighted by molar-refractivity contribution is 6.03. The predicted molar refractivity (Wildman–Crippen MR) is 132 cm³/mol. The van der Waals surface area contributed by atoms with Gasteiger partial charge in [0.1, 0.15) is 5.82 Å². The maximum Gasteiger partial charge on any atom is 0.248 e. The number of amides is 2. The van der Waals surface area contributed by atoms with E-state index in [2.05, 4.69) is 20.5 Å². The molecule has 0 unspecified atom stereocenters. The van der Waals surface area contributed by atoms with E-state index in [9.17, 15) is 9.59 Å². The summed E-state index contributed by atoms with van der Waals surface area (Å²) in [6, 6.07) is 20.6. The lowest BCUT2D eigenvalue weighted by Crippen LogP contribution is -2.28. The van der Waals surface area contributed by atoms with E-state index >= 15 is 0 Å². The number of hydrogen-bond donors (Lipinski definition) is 3. The second kappa shape index (κ2) is 10.1. The van der Waals surface area contributed by atoms with Gasteiger partial charge in [0.15, 0.2) is 0 Å². The second-order valence-corrected chi connectivity index (χ2v) is 8.21. The highest BCUT2D eigenvalue weighted by Gasteiger charge is 2.37. The van der Waals surface area contributed by atoms with Crippen LogP contribution in [-0.4, -0.2) is 41.8 Å². The van der Waals surface area contributed by atoms with Crippen LogP contribution < -0.4 is 16.4 Å². The molecule has 1 saturated heterocycles. The van der Waals surface area contributed by atoms with E-state index < -0.39 is 0 Å². The van der Waals surface area contributed by atoms with Gasteiger partial charge in [-0.15, -0.1) is 0 Å². The van der Waals surface area contributed by atoms with Gasteiger partial charge in [0.05, 0.1) is 17.3 Å². The molecule has 3 aromatic rings. The minimum absolute atomic E-state index is 0.0242. The fraction of sp³-hybridized carbons (Fsp3) is 0.192. The lowest BCUT2D eigenvalue weighted by molar-refractivity contribution is -0.120. The van der Waals surface area contributed by atoms with Crippen molar-refractivity contribution in [2.24, 2.45) is 5.92 Å². The monoisotopic (exact) mass is 441 g/mol. The van der Waals surface area contributed by atoms with Crippen molar-refractivity contribution in [2.45, 2.75) is 5.92 Å². The topological polar surface area (TPSA) is 100 Å². The number of aromatic nitrogens is 1.